The van der Waals surface area contributed by atoms with Gasteiger partial charge in [-0.15, -0.1) is 0 Å². The zero-order valence-corrected chi connectivity index (χ0v) is 15.8. The number of aryl methyl sites for hydroxylation is 1. The molecule has 0 aliphatic carbocycles. The molecule has 2 rings (SSSR count). The van der Waals surface area contributed by atoms with Crippen molar-refractivity contribution in [1.29, 1.82) is 0 Å². The number of para-hydroxylation sites is 1. The normalized spacial score (nSPS) is 12.2. The Labute approximate surface area is 150 Å². The number of furan rings is 1. The Morgan fingerprint density at radius 1 is 1.25 bits per heavy atom. The van der Waals surface area contributed by atoms with Crippen LogP contribution in [0.5, 0.6) is 0 Å². The first kappa shape index (κ1) is 18.5. The van der Waals surface area contributed by atoms with Crippen molar-refractivity contribution >= 4 is 23.0 Å². The maximum absolute atomic E-state index is 5.73. The third kappa shape index (κ3) is 4.82. The third-order valence-electron chi connectivity index (χ3n) is 4.18. The topological polar surface area (TPSA) is 32.9 Å². The molecule has 5 heteroatoms. The van der Waals surface area contributed by atoms with Crippen molar-refractivity contribution in [2.45, 2.75) is 26.3 Å². The van der Waals surface area contributed by atoms with Crippen LogP contribution in [-0.2, 0) is 6.42 Å². The van der Waals surface area contributed by atoms with Gasteiger partial charge in [0.25, 0.3) is 0 Å². The summed E-state index contributed by atoms with van der Waals surface area (Å²) in [6.07, 6.45) is 2.69. The van der Waals surface area contributed by atoms with Gasteiger partial charge in [0.05, 0.1) is 39.5 Å². The summed E-state index contributed by atoms with van der Waals surface area (Å²) in [5.74, 6) is 0.927. The van der Waals surface area contributed by atoms with Gasteiger partial charge in [-0.05, 0) is 49.3 Å². The molecule has 0 saturated heterocycles. The number of hydrogen-bond acceptors (Lipinski definition) is 2. The fraction of sp³-hybridized carbons (Fsp3) is 0.421. The smallest absolute Gasteiger partial charge is 0.174 e. The molecular formula is C19H28N3OS+. The average molecular weight is 347 g/mol. The molecule has 2 aromatic rings. The fourth-order valence-corrected chi connectivity index (χ4v) is 2.99. The van der Waals surface area contributed by atoms with Crippen LogP contribution >= 0.6 is 12.2 Å². The predicted octanol–water partition coefficient (Wildman–Crippen LogP) is 2.75. The number of nitrogens with one attached hydrogen (secondary N) is 2. The summed E-state index contributed by atoms with van der Waals surface area (Å²) in [4.78, 5) is 3.59. The minimum Gasteiger partial charge on any atom is -0.467 e. The molecule has 0 radical (unpaired) electrons. The van der Waals surface area contributed by atoms with E-state index in [1.165, 1.54) is 10.5 Å². The molecule has 24 heavy (non-hydrogen) atoms. The first-order valence-corrected chi connectivity index (χ1v) is 8.91. The van der Waals surface area contributed by atoms with Crippen LogP contribution in [0, 0.1) is 0 Å². The molecule has 130 valence electrons. The van der Waals surface area contributed by atoms with E-state index in [0.29, 0.717) is 0 Å². The SMILES string of the molecule is CCc1ccccc1NC(=S)N(CC[NH+](C)C)C(C)c1ccco1. The number of quaternary nitrogens is 1. The second-order valence-electron chi connectivity index (χ2n) is 6.28. The predicted molar refractivity (Wildman–Crippen MR) is 104 cm³/mol. The van der Waals surface area contributed by atoms with Crippen LogP contribution in [0.2, 0.25) is 0 Å². The van der Waals surface area contributed by atoms with Gasteiger partial charge in [0.1, 0.15) is 5.76 Å². The highest BCUT2D eigenvalue weighted by atomic mass is 32.1. The standard InChI is InChI=1S/C19H27N3OS/c1-5-16-9-6-7-10-17(16)20-19(24)22(13-12-21(3)4)15(2)18-11-8-14-23-18/h6-11,14-15H,5,12-13H2,1-4H3,(H,20,24)/p+1. The van der Waals surface area contributed by atoms with Crippen molar-refractivity contribution in [3.05, 3.63) is 54.0 Å². The third-order valence-corrected chi connectivity index (χ3v) is 4.51. The lowest BCUT2D eigenvalue weighted by atomic mass is 10.1. The molecule has 1 atom stereocenters. The minimum absolute atomic E-state index is 0.0909. The van der Waals surface area contributed by atoms with Crippen molar-refractivity contribution in [3.63, 3.8) is 0 Å². The van der Waals surface area contributed by atoms with Crippen LogP contribution in [0.1, 0.15) is 31.2 Å². The van der Waals surface area contributed by atoms with Crippen LogP contribution in [0.3, 0.4) is 0 Å². The van der Waals surface area contributed by atoms with Crippen LogP contribution in [0.4, 0.5) is 5.69 Å². The number of benzene rings is 1. The molecule has 4 nitrogen and oxygen atoms in total. The van der Waals surface area contributed by atoms with Gasteiger partial charge in [-0.1, -0.05) is 25.1 Å². The van der Waals surface area contributed by atoms with E-state index in [-0.39, 0.29) is 6.04 Å². The highest BCUT2D eigenvalue weighted by Gasteiger charge is 2.22. The lowest BCUT2D eigenvalue weighted by Crippen LogP contribution is -3.06. The van der Waals surface area contributed by atoms with Gasteiger partial charge in [-0.25, -0.2) is 0 Å². The minimum atomic E-state index is 0.0909. The van der Waals surface area contributed by atoms with E-state index in [0.717, 1.165) is 36.1 Å². The molecule has 1 aromatic carbocycles. The van der Waals surface area contributed by atoms with Gasteiger partial charge in [-0.3, -0.25) is 0 Å². The maximum atomic E-state index is 5.73. The van der Waals surface area contributed by atoms with Gasteiger partial charge in [-0.2, -0.15) is 0 Å². The number of likely N-dealkylation sites (N-methyl/N-ethyl adjacent to an activating group) is 1. The number of hydrogen-bond donors (Lipinski definition) is 2. The van der Waals surface area contributed by atoms with Crippen molar-refractivity contribution in [3.8, 4) is 0 Å². The molecule has 1 aromatic heterocycles. The quantitative estimate of drug-likeness (QED) is 0.755. The Kier molecular flexibility index (Phi) is 6.82. The Morgan fingerprint density at radius 2 is 2.00 bits per heavy atom. The van der Waals surface area contributed by atoms with E-state index in [9.17, 15) is 0 Å². The van der Waals surface area contributed by atoms with Gasteiger partial charge in [0.15, 0.2) is 5.11 Å². The van der Waals surface area contributed by atoms with Crippen LogP contribution in [0.25, 0.3) is 0 Å². The van der Waals surface area contributed by atoms with Crippen molar-refractivity contribution in [2.75, 3.05) is 32.5 Å². The molecule has 2 N–H and O–H groups in total. The van der Waals surface area contributed by atoms with Gasteiger partial charge in [0, 0.05) is 5.69 Å². The first-order chi connectivity index (χ1) is 11.5. The number of anilines is 1. The van der Waals surface area contributed by atoms with Crippen LogP contribution < -0.4 is 10.2 Å². The number of rotatable bonds is 7. The number of thiocarbonyl (C=S) groups is 1. The van der Waals surface area contributed by atoms with Gasteiger partial charge < -0.3 is 19.5 Å². The fourth-order valence-electron chi connectivity index (χ4n) is 2.64. The Morgan fingerprint density at radius 3 is 2.62 bits per heavy atom. The van der Waals surface area contributed by atoms with Crippen LogP contribution in [0.15, 0.2) is 47.1 Å². The van der Waals surface area contributed by atoms with E-state index in [1.807, 2.05) is 18.2 Å². The molecule has 0 fully saturated rings. The summed E-state index contributed by atoms with van der Waals surface area (Å²) in [6, 6.07) is 12.3. The number of nitrogens with zero attached hydrogens (tertiary/aromatic N) is 1. The summed E-state index contributed by atoms with van der Waals surface area (Å²) in [6.45, 7) is 6.15. The second kappa shape index (κ2) is 8.85. The summed E-state index contributed by atoms with van der Waals surface area (Å²) in [5.41, 5.74) is 2.35. The monoisotopic (exact) mass is 346 g/mol. The lowest BCUT2D eigenvalue weighted by molar-refractivity contribution is -0.857. The molecule has 0 spiro atoms. The van der Waals surface area contributed by atoms with E-state index >= 15 is 0 Å². The summed E-state index contributed by atoms with van der Waals surface area (Å²) in [5, 5.41) is 4.17. The molecule has 0 aliphatic rings. The molecule has 0 bridgehead atoms. The van der Waals surface area contributed by atoms with Gasteiger partial charge in [0.2, 0.25) is 0 Å². The van der Waals surface area contributed by atoms with Crippen molar-refractivity contribution in [1.82, 2.24) is 4.90 Å². The Bertz CT molecular complexity index is 640. The molecule has 1 unspecified atom stereocenters. The summed E-state index contributed by atoms with van der Waals surface area (Å²) in [7, 11) is 4.30. The van der Waals surface area contributed by atoms with Crippen molar-refractivity contribution in [2.24, 2.45) is 0 Å². The zero-order chi connectivity index (χ0) is 17.5. The van der Waals surface area contributed by atoms with Crippen LogP contribution in [-0.4, -0.2) is 37.2 Å². The largest absolute Gasteiger partial charge is 0.467 e. The zero-order valence-electron chi connectivity index (χ0n) is 15.0. The molecule has 0 amide bonds. The lowest BCUT2D eigenvalue weighted by Gasteiger charge is -2.31. The molecule has 0 saturated carbocycles. The van der Waals surface area contributed by atoms with E-state index in [1.54, 1.807) is 6.26 Å². The Balaban J connectivity index is 2.17. The van der Waals surface area contributed by atoms with E-state index < -0.39 is 0 Å². The molecule has 1 heterocycles. The molecule has 0 aliphatic heterocycles. The second-order valence-corrected chi connectivity index (χ2v) is 6.67. The summed E-state index contributed by atoms with van der Waals surface area (Å²) < 4.78 is 5.59. The van der Waals surface area contributed by atoms with Crippen molar-refractivity contribution < 1.29 is 9.32 Å². The Hall–Kier alpha value is -1.85. The average Bonchev–Trinajstić information content (AvgIpc) is 3.09. The summed E-state index contributed by atoms with van der Waals surface area (Å²) >= 11 is 5.73. The maximum Gasteiger partial charge on any atom is 0.174 e. The van der Waals surface area contributed by atoms with E-state index in [2.05, 4.69) is 56.4 Å². The molecular weight excluding hydrogens is 318 g/mol. The highest BCUT2D eigenvalue weighted by Crippen LogP contribution is 2.23. The highest BCUT2D eigenvalue weighted by molar-refractivity contribution is 7.80. The van der Waals surface area contributed by atoms with E-state index in [4.69, 9.17) is 16.6 Å². The van der Waals surface area contributed by atoms with Gasteiger partial charge >= 0.3 is 0 Å². The first-order valence-electron chi connectivity index (χ1n) is 8.50.